The Morgan fingerprint density at radius 2 is 2.14 bits per heavy atom. The lowest BCUT2D eigenvalue weighted by atomic mass is 10.2. The highest BCUT2D eigenvalue weighted by atomic mass is 32.2. The van der Waals surface area contributed by atoms with Crippen molar-refractivity contribution in [3.63, 3.8) is 0 Å². The van der Waals surface area contributed by atoms with Crippen molar-refractivity contribution in [3.8, 4) is 0 Å². The molecular formula is C13H16F3N5S. The summed E-state index contributed by atoms with van der Waals surface area (Å²) in [5.41, 5.74) is -0.923. The van der Waals surface area contributed by atoms with Crippen LogP contribution in [0.5, 0.6) is 0 Å². The SMILES string of the molecule is CSC1CCCCN(c2cc(C(F)(F)F)nc3ncnn23)C1. The Kier molecular flexibility index (Phi) is 4.16. The molecule has 1 atom stereocenters. The van der Waals surface area contributed by atoms with Crippen LogP contribution in [0.3, 0.4) is 0 Å². The van der Waals surface area contributed by atoms with Gasteiger partial charge >= 0.3 is 6.18 Å². The second kappa shape index (κ2) is 5.94. The van der Waals surface area contributed by atoms with Gasteiger partial charge in [-0.05, 0) is 19.1 Å². The molecule has 0 bridgehead atoms. The smallest absolute Gasteiger partial charge is 0.355 e. The standard InChI is InChI=1S/C13H16F3N5S/c1-22-9-4-2-3-5-20(7-9)11-6-10(13(14,15)16)19-12-17-8-18-21(11)12/h6,8-9H,2-5,7H2,1H3. The van der Waals surface area contributed by atoms with Crippen LogP contribution in [0.4, 0.5) is 19.0 Å². The largest absolute Gasteiger partial charge is 0.433 e. The molecular weight excluding hydrogens is 315 g/mol. The third-order valence-corrected chi connectivity index (χ3v) is 4.86. The zero-order valence-electron chi connectivity index (χ0n) is 12.0. The van der Waals surface area contributed by atoms with Crippen LogP contribution in [0, 0.1) is 0 Å². The molecule has 1 aliphatic heterocycles. The zero-order chi connectivity index (χ0) is 15.7. The lowest BCUT2D eigenvalue weighted by molar-refractivity contribution is -0.141. The fraction of sp³-hybridized carbons (Fsp3) is 0.615. The first-order chi connectivity index (χ1) is 10.5. The van der Waals surface area contributed by atoms with Gasteiger partial charge in [0, 0.05) is 24.4 Å². The molecule has 2 aromatic rings. The number of hydrogen-bond donors (Lipinski definition) is 0. The maximum absolute atomic E-state index is 13.0. The van der Waals surface area contributed by atoms with E-state index in [0.717, 1.165) is 25.3 Å². The summed E-state index contributed by atoms with van der Waals surface area (Å²) >= 11 is 1.75. The lowest BCUT2D eigenvalue weighted by Crippen LogP contribution is -2.31. The molecule has 0 N–H and O–H groups in total. The molecule has 0 aliphatic carbocycles. The van der Waals surface area contributed by atoms with Crippen molar-refractivity contribution in [1.82, 2.24) is 19.6 Å². The summed E-state index contributed by atoms with van der Waals surface area (Å²) in [6, 6.07) is 1.07. The highest BCUT2D eigenvalue weighted by Crippen LogP contribution is 2.32. The van der Waals surface area contributed by atoms with Crippen LogP contribution in [-0.4, -0.2) is 44.2 Å². The summed E-state index contributed by atoms with van der Waals surface area (Å²) in [4.78, 5) is 9.34. The van der Waals surface area contributed by atoms with Crippen LogP contribution in [-0.2, 0) is 6.18 Å². The third-order valence-electron chi connectivity index (χ3n) is 3.81. The predicted octanol–water partition coefficient (Wildman–Crippen LogP) is 2.87. The molecule has 0 aromatic carbocycles. The van der Waals surface area contributed by atoms with Gasteiger partial charge in [0.05, 0.1) is 0 Å². The maximum atomic E-state index is 13.0. The monoisotopic (exact) mass is 331 g/mol. The van der Waals surface area contributed by atoms with Crippen molar-refractivity contribution in [2.75, 3.05) is 24.2 Å². The highest BCUT2D eigenvalue weighted by molar-refractivity contribution is 7.99. The molecule has 0 spiro atoms. The normalized spacial score (nSPS) is 20.4. The van der Waals surface area contributed by atoms with E-state index in [4.69, 9.17) is 0 Å². The average Bonchev–Trinajstić information content (AvgIpc) is 2.82. The first-order valence-corrected chi connectivity index (χ1v) is 8.33. The maximum Gasteiger partial charge on any atom is 0.433 e. The van der Waals surface area contributed by atoms with Gasteiger partial charge in [0.2, 0.25) is 0 Å². The highest BCUT2D eigenvalue weighted by Gasteiger charge is 2.35. The molecule has 3 heterocycles. The van der Waals surface area contributed by atoms with Crippen LogP contribution in [0.15, 0.2) is 12.4 Å². The van der Waals surface area contributed by atoms with Crippen LogP contribution in [0.1, 0.15) is 25.0 Å². The van der Waals surface area contributed by atoms with Crippen molar-refractivity contribution in [1.29, 1.82) is 0 Å². The van der Waals surface area contributed by atoms with Gasteiger partial charge in [-0.1, -0.05) is 6.42 Å². The van der Waals surface area contributed by atoms with E-state index < -0.39 is 11.9 Å². The van der Waals surface area contributed by atoms with Crippen molar-refractivity contribution in [2.45, 2.75) is 30.7 Å². The van der Waals surface area contributed by atoms with E-state index in [1.54, 1.807) is 11.8 Å². The number of anilines is 1. The number of hydrogen-bond acceptors (Lipinski definition) is 5. The molecule has 0 radical (unpaired) electrons. The Bertz CT molecular complexity index is 657. The Labute approximate surface area is 129 Å². The Morgan fingerprint density at radius 1 is 1.32 bits per heavy atom. The summed E-state index contributed by atoms with van der Waals surface area (Å²) in [5.74, 6) is 0.394. The molecule has 120 valence electrons. The van der Waals surface area contributed by atoms with Gasteiger partial charge < -0.3 is 4.90 Å². The van der Waals surface area contributed by atoms with E-state index in [-0.39, 0.29) is 5.78 Å². The number of nitrogens with zero attached hydrogens (tertiary/aromatic N) is 5. The van der Waals surface area contributed by atoms with Gasteiger partial charge in [0.25, 0.3) is 5.78 Å². The van der Waals surface area contributed by atoms with E-state index in [1.807, 2.05) is 11.2 Å². The van der Waals surface area contributed by atoms with E-state index >= 15 is 0 Å². The fourth-order valence-electron chi connectivity index (χ4n) is 2.67. The predicted molar refractivity (Wildman–Crippen MR) is 79.2 cm³/mol. The lowest BCUT2D eigenvalue weighted by Gasteiger charge is -2.26. The number of rotatable bonds is 2. The number of thioether (sulfide) groups is 1. The van der Waals surface area contributed by atoms with Gasteiger partial charge in [-0.15, -0.1) is 0 Å². The molecule has 3 rings (SSSR count). The second-order valence-corrected chi connectivity index (χ2v) is 6.41. The van der Waals surface area contributed by atoms with Crippen LogP contribution < -0.4 is 4.90 Å². The molecule has 1 unspecified atom stereocenters. The van der Waals surface area contributed by atoms with Gasteiger partial charge in [0.15, 0.2) is 5.69 Å². The number of fused-ring (bicyclic) bond motifs is 1. The van der Waals surface area contributed by atoms with E-state index in [1.165, 1.54) is 10.8 Å². The summed E-state index contributed by atoms with van der Waals surface area (Å²) in [5, 5.41) is 4.43. The van der Waals surface area contributed by atoms with Crippen LogP contribution in [0.25, 0.3) is 5.78 Å². The molecule has 0 saturated carbocycles. The minimum Gasteiger partial charge on any atom is -0.355 e. The average molecular weight is 331 g/mol. The third kappa shape index (κ3) is 2.99. The molecule has 5 nitrogen and oxygen atoms in total. The fourth-order valence-corrected chi connectivity index (χ4v) is 3.40. The molecule has 1 saturated heterocycles. The van der Waals surface area contributed by atoms with E-state index in [0.29, 0.717) is 24.2 Å². The van der Waals surface area contributed by atoms with Crippen molar-refractivity contribution < 1.29 is 13.2 Å². The van der Waals surface area contributed by atoms with Gasteiger partial charge in [-0.25, -0.2) is 4.98 Å². The second-order valence-electron chi connectivity index (χ2n) is 5.27. The van der Waals surface area contributed by atoms with Gasteiger partial charge in [-0.3, -0.25) is 0 Å². The Balaban J connectivity index is 2.06. The molecule has 0 amide bonds. The van der Waals surface area contributed by atoms with Crippen molar-refractivity contribution >= 4 is 23.4 Å². The van der Waals surface area contributed by atoms with Gasteiger partial charge in [0.1, 0.15) is 12.1 Å². The molecule has 1 aliphatic rings. The van der Waals surface area contributed by atoms with Crippen molar-refractivity contribution in [2.24, 2.45) is 0 Å². The quantitative estimate of drug-likeness (QED) is 0.847. The van der Waals surface area contributed by atoms with Crippen LogP contribution >= 0.6 is 11.8 Å². The minimum atomic E-state index is -4.49. The molecule has 9 heteroatoms. The van der Waals surface area contributed by atoms with Crippen LogP contribution in [0.2, 0.25) is 0 Å². The minimum absolute atomic E-state index is 0.0187. The van der Waals surface area contributed by atoms with Crippen molar-refractivity contribution in [3.05, 3.63) is 18.1 Å². The molecule has 1 fully saturated rings. The van der Waals surface area contributed by atoms with E-state index in [2.05, 4.69) is 15.1 Å². The summed E-state index contributed by atoms with van der Waals surface area (Å²) in [6.45, 7) is 1.42. The first-order valence-electron chi connectivity index (χ1n) is 7.05. The molecule has 2 aromatic heterocycles. The first kappa shape index (κ1) is 15.4. The molecule has 22 heavy (non-hydrogen) atoms. The summed E-state index contributed by atoms with van der Waals surface area (Å²) in [7, 11) is 0. The zero-order valence-corrected chi connectivity index (χ0v) is 12.9. The summed E-state index contributed by atoms with van der Waals surface area (Å²) < 4.78 is 40.5. The Hall–Kier alpha value is -1.51. The van der Waals surface area contributed by atoms with Gasteiger partial charge in [-0.2, -0.15) is 39.5 Å². The van der Waals surface area contributed by atoms with E-state index in [9.17, 15) is 13.2 Å². The number of aromatic nitrogens is 4. The topological polar surface area (TPSA) is 46.3 Å². The number of halogens is 3. The Morgan fingerprint density at radius 3 is 2.86 bits per heavy atom. The number of alkyl halides is 3. The summed E-state index contributed by atoms with van der Waals surface area (Å²) in [6.07, 6.45) is 1.89.